The van der Waals surface area contributed by atoms with Gasteiger partial charge in [-0.25, -0.2) is 0 Å². The lowest BCUT2D eigenvalue weighted by molar-refractivity contribution is 1.01. The van der Waals surface area contributed by atoms with E-state index in [2.05, 4.69) is 156 Å². The Morgan fingerprint density at radius 1 is 0.200 bits per heavy atom. The van der Waals surface area contributed by atoms with Crippen molar-refractivity contribution in [2.45, 2.75) is 160 Å². The summed E-state index contributed by atoms with van der Waals surface area (Å²) in [5, 5.41) is 0. The third-order valence-corrected chi connectivity index (χ3v) is 14.3. The Hall–Kier alpha value is -4.68. The van der Waals surface area contributed by atoms with Gasteiger partial charge in [0.25, 0.3) is 0 Å². The van der Waals surface area contributed by atoms with Gasteiger partial charge in [-0.05, 0) is 211 Å². The molecule has 312 valence electrons. The molecule has 7 rings (SSSR count). The monoisotopic (exact) mass is 793 g/mol. The first-order valence-electron chi connectivity index (χ1n) is 24.2. The molecule has 0 N–H and O–H groups in total. The molecule has 0 nitrogen and oxygen atoms in total. The van der Waals surface area contributed by atoms with Crippen LogP contribution in [0.3, 0.4) is 0 Å². The smallest absolute Gasteiger partial charge is 0.000730 e. The molecule has 6 aromatic rings. The molecule has 0 unspecified atom stereocenters. The van der Waals surface area contributed by atoms with E-state index < -0.39 is 0 Å². The van der Waals surface area contributed by atoms with E-state index in [4.69, 9.17) is 0 Å². The average molecular weight is 793 g/mol. The molecule has 0 atom stereocenters. The van der Waals surface area contributed by atoms with Crippen LogP contribution in [-0.2, 0) is 77.0 Å². The van der Waals surface area contributed by atoms with Gasteiger partial charge in [-0.1, -0.05) is 156 Å². The first-order chi connectivity index (χ1) is 29.2. The molecule has 6 aromatic carbocycles. The fourth-order valence-electron chi connectivity index (χ4n) is 10.9. The van der Waals surface area contributed by atoms with Gasteiger partial charge in [0.2, 0.25) is 0 Å². The predicted molar refractivity (Wildman–Crippen MR) is 265 cm³/mol. The highest BCUT2D eigenvalue weighted by Gasteiger charge is 2.37. The number of benzene rings is 6. The summed E-state index contributed by atoms with van der Waals surface area (Å²) in [6.07, 6.45) is 12.3. The normalized spacial score (nSPS) is 11.8. The van der Waals surface area contributed by atoms with Gasteiger partial charge < -0.3 is 0 Å². The van der Waals surface area contributed by atoms with Gasteiger partial charge in [-0.2, -0.15) is 0 Å². The van der Waals surface area contributed by atoms with E-state index in [1.807, 2.05) is 0 Å². The molecule has 0 heteroatoms. The quantitative estimate of drug-likeness (QED) is 0.0914. The van der Waals surface area contributed by atoms with Crippen molar-refractivity contribution in [1.29, 1.82) is 0 Å². The van der Waals surface area contributed by atoms with Crippen molar-refractivity contribution in [3.05, 3.63) is 140 Å². The first kappa shape index (κ1) is 43.4. The summed E-state index contributed by atoms with van der Waals surface area (Å²) < 4.78 is 0. The molecule has 0 saturated carbocycles. The second-order valence-corrected chi connectivity index (χ2v) is 17.2. The lowest BCUT2D eigenvalue weighted by atomic mass is 9.65. The molecule has 1 aliphatic carbocycles. The summed E-state index contributed by atoms with van der Waals surface area (Å²) in [7, 11) is 0. The van der Waals surface area contributed by atoms with Crippen LogP contribution >= 0.6 is 0 Å². The molecule has 0 heterocycles. The highest BCUT2D eigenvalue weighted by Crippen LogP contribution is 2.63. The highest BCUT2D eigenvalue weighted by atomic mass is 14.4. The molecule has 60 heavy (non-hydrogen) atoms. The van der Waals surface area contributed by atoms with Crippen LogP contribution in [0.4, 0.5) is 0 Å². The van der Waals surface area contributed by atoms with Crippen LogP contribution in [0.2, 0.25) is 0 Å². The SMILES string of the molecule is CCc1cc(CC)c(-c2c(-c3cc(CC)c(CC)cc3CC)c(-c3cc(CC)c(CC)cc3CC)c3c(c2-c2cc(CC)c(CC)cc2CC)-c2ccccc2-3)cc1CC. The van der Waals surface area contributed by atoms with Gasteiger partial charge in [0.15, 0.2) is 0 Å². The van der Waals surface area contributed by atoms with Crippen molar-refractivity contribution < 1.29 is 0 Å². The van der Waals surface area contributed by atoms with Gasteiger partial charge in [-0.3, -0.25) is 0 Å². The standard InChI is InChI=1S/C60H72/c1-13-37-29-45(21-9)51(33-41(37)17-5)57-55-49-27-25-26-28-50(49)56(55)58(52-34-42(18-6)38(14-2)30-46(52)22-10)60(54-36-44(20-8)40(16-4)32-48(54)24-12)59(57)53-35-43(19-7)39(15-3)31-47(53)23-11/h25-36H,13-24H2,1-12H3. The molecule has 0 radical (unpaired) electrons. The lowest BCUT2D eigenvalue weighted by Gasteiger charge is -2.37. The minimum Gasteiger partial charge on any atom is -0.0616 e. The number of rotatable bonds is 16. The van der Waals surface area contributed by atoms with Crippen LogP contribution in [0.5, 0.6) is 0 Å². The van der Waals surface area contributed by atoms with Crippen LogP contribution in [0.25, 0.3) is 66.8 Å². The molecular formula is C60H72. The Morgan fingerprint density at radius 3 is 0.550 bits per heavy atom. The van der Waals surface area contributed by atoms with Crippen molar-refractivity contribution in [1.82, 2.24) is 0 Å². The van der Waals surface area contributed by atoms with Crippen molar-refractivity contribution in [2.75, 3.05) is 0 Å². The number of aryl methyl sites for hydroxylation is 12. The summed E-state index contributed by atoms with van der Waals surface area (Å²) in [6.45, 7) is 28.3. The maximum absolute atomic E-state index is 2.65. The molecule has 0 aliphatic heterocycles. The molecule has 1 aliphatic rings. The third-order valence-electron chi connectivity index (χ3n) is 14.3. The van der Waals surface area contributed by atoms with E-state index in [9.17, 15) is 0 Å². The van der Waals surface area contributed by atoms with Crippen molar-refractivity contribution >= 4 is 0 Å². The maximum atomic E-state index is 2.65. The van der Waals surface area contributed by atoms with E-state index in [-0.39, 0.29) is 0 Å². The zero-order valence-electron chi connectivity index (χ0n) is 39.4. The van der Waals surface area contributed by atoms with E-state index in [0.29, 0.717) is 0 Å². The van der Waals surface area contributed by atoms with E-state index in [1.165, 1.54) is 134 Å². The summed E-state index contributed by atoms with van der Waals surface area (Å²) in [5.41, 5.74) is 35.1. The number of hydrogen-bond donors (Lipinski definition) is 0. The molecule has 0 amide bonds. The molecule has 0 saturated heterocycles. The zero-order valence-corrected chi connectivity index (χ0v) is 39.4. The Balaban J connectivity index is 1.88. The minimum atomic E-state index is 0.991. The fraction of sp³-hybridized carbons (Fsp3) is 0.400. The maximum Gasteiger partial charge on any atom is -0.000730 e. The topological polar surface area (TPSA) is 0 Å². The summed E-state index contributed by atoms with van der Waals surface area (Å²) in [5.74, 6) is 0. The zero-order chi connectivity index (χ0) is 42.8. The van der Waals surface area contributed by atoms with Crippen LogP contribution in [0.15, 0.2) is 72.8 Å². The van der Waals surface area contributed by atoms with Crippen LogP contribution in [0.1, 0.15) is 150 Å². The number of fused-ring (bicyclic) bond motifs is 4. The second kappa shape index (κ2) is 18.5. The predicted octanol–water partition coefficient (Wildman–Crippen LogP) is 16.8. The number of hydrogen-bond acceptors (Lipinski definition) is 0. The van der Waals surface area contributed by atoms with Crippen LogP contribution in [0, 0.1) is 0 Å². The third kappa shape index (κ3) is 7.21. The first-order valence-corrected chi connectivity index (χ1v) is 24.2. The summed E-state index contributed by atoms with van der Waals surface area (Å²) in [4.78, 5) is 0. The summed E-state index contributed by atoms with van der Waals surface area (Å²) >= 11 is 0. The van der Waals surface area contributed by atoms with Gasteiger partial charge >= 0.3 is 0 Å². The molecule has 0 bridgehead atoms. The molecule has 0 spiro atoms. The lowest BCUT2D eigenvalue weighted by Crippen LogP contribution is -2.12. The Labute approximate surface area is 364 Å². The van der Waals surface area contributed by atoms with Crippen molar-refractivity contribution in [2.24, 2.45) is 0 Å². The minimum absolute atomic E-state index is 0.991. The van der Waals surface area contributed by atoms with E-state index in [0.717, 1.165) is 77.0 Å². The van der Waals surface area contributed by atoms with Gasteiger partial charge in [-0.15, -0.1) is 0 Å². The summed E-state index contributed by atoms with van der Waals surface area (Å²) in [6, 6.07) is 30.3. The van der Waals surface area contributed by atoms with Gasteiger partial charge in [0.05, 0.1) is 0 Å². The Bertz CT molecular complexity index is 2380. The largest absolute Gasteiger partial charge is 0.0616 e. The Morgan fingerprint density at radius 2 is 0.367 bits per heavy atom. The fourth-order valence-corrected chi connectivity index (χ4v) is 10.9. The second-order valence-electron chi connectivity index (χ2n) is 17.2. The Kier molecular flexibility index (Phi) is 13.4. The van der Waals surface area contributed by atoms with Gasteiger partial charge in [0, 0.05) is 0 Å². The van der Waals surface area contributed by atoms with Crippen molar-refractivity contribution in [3.63, 3.8) is 0 Å². The van der Waals surface area contributed by atoms with Crippen molar-refractivity contribution in [3.8, 4) is 66.8 Å². The average Bonchev–Trinajstić information content (AvgIpc) is 3.30. The van der Waals surface area contributed by atoms with Gasteiger partial charge in [0.1, 0.15) is 0 Å². The highest BCUT2D eigenvalue weighted by molar-refractivity contribution is 6.23. The molecule has 0 aromatic heterocycles. The molecule has 0 fully saturated rings. The van der Waals surface area contributed by atoms with Crippen LogP contribution in [-0.4, -0.2) is 0 Å². The van der Waals surface area contributed by atoms with Crippen LogP contribution < -0.4 is 0 Å². The van der Waals surface area contributed by atoms with E-state index >= 15 is 0 Å². The van der Waals surface area contributed by atoms with E-state index in [1.54, 1.807) is 0 Å². The molecular weight excluding hydrogens is 721 g/mol.